The summed E-state index contributed by atoms with van der Waals surface area (Å²) in [6.45, 7) is 0. The summed E-state index contributed by atoms with van der Waals surface area (Å²) in [6.07, 6.45) is 8.37. The molecule has 0 fully saturated rings. The van der Waals surface area contributed by atoms with E-state index >= 15 is 0 Å². The van der Waals surface area contributed by atoms with Crippen molar-refractivity contribution in [2.75, 3.05) is 35.5 Å². The number of ether oxygens (including phenoxy) is 5. The fourth-order valence-electron chi connectivity index (χ4n) is 7.23. The van der Waals surface area contributed by atoms with Crippen LogP contribution in [0.4, 0.5) is 0 Å². The highest BCUT2D eigenvalue weighted by Crippen LogP contribution is 2.39. The van der Waals surface area contributed by atoms with Crippen molar-refractivity contribution in [3.63, 3.8) is 0 Å². The second kappa shape index (κ2) is 14.6. The monoisotopic (exact) mass is 652 g/mol. The highest BCUT2D eigenvalue weighted by molar-refractivity contribution is 6.09. The van der Waals surface area contributed by atoms with Crippen LogP contribution in [-0.4, -0.2) is 41.3 Å². The number of hydrogen-bond donors (Lipinski definition) is 0. The third-order valence-corrected chi connectivity index (χ3v) is 9.27. The van der Waals surface area contributed by atoms with Crippen molar-refractivity contribution in [3.05, 3.63) is 146 Å². The number of para-hydroxylation sites is 4. The van der Waals surface area contributed by atoms with Crippen molar-refractivity contribution in [2.24, 2.45) is 0 Å². The van der Waals surface area contributed by atoms with Crippen LogP contribution < -0.4 is 23.7 Å². The Morgan fingerprint density at radius 1 is 0.449 bits per heavy atom. The average molecular weight is 653 g/mol. The van der Waals surface area contributed by atoms with Gasteiger partial charge in [-0.05, 0) is 73.7 Å². The van der Waals surface area contributed by atoms with Crippen LogP contribution in [0.25, 0.3) is 0 Å². The first-order valence-corrected chi connectivity index (χ1v) is 16.2. The molecular weight excluding hydrogens is 612 g/mol. The van der Waals surface area contributed by atoms with Gasteiger partial charge in [-0.25, -0.2) is 0 Å². The summed E-state index contributed by atoms with van der Waals surface area (Å²) in [5, 5.41) is 0. The summed E-state index contributed by atoms with van der Waals surface area (Å²) in [5.74, 6) is 5.80. The molecule has 1 aliphatic carbocycles. The van der Waals surface area contributed by atoms with Crippen molar-refractivity contribution < 1.29 is 28.5 Å². The van der Waals surface area contributed by atoms with E-state index in [1.54, 1.807) is 35.5 Å². The first-order chi connectivity index (χ1) is 23.9. The molecule has 0 unspecified atom stereocenters. The van der Waals surface area contributed by atoms with E-state index in [0.717, 1.165) is 78.6 Å². The number of carbonyl (C=O) groups is 1. The van der Waals surface area contributed by atoms with Gasteiger partial charge < -0.3 is 23.7 Å². The quantitative estimate of drug-likeness (QED) is 0.104. The lowest BCUT2D eigenvalue weighted by Gasteiger charge is -2.21. The zero-order chi connectivity index (χ0) is 34.5. The van der Waals surface area contributed by atoms with Gasteiger partial charge in [-0.1, -0.05) is 72.8 Å². The van der Waals surface area contributed by atoms with Gasteiger partial charge in [0.1, 0.15) is 28.7 Å². The smallest absolute Gasteiger partial charge is 0.235 e. The van der Waals surface area contributed by atoms with Crippen LogP contribution in [0.2, 0.25) is 0 Å². The Hall–Kier alpha value is -5.67. The molecule has 49 heavy (non-hydrogen) atoms. The Labute approximate surface area is 288 Å². The predicted octanol–water partition coefficient (Wildman–Crippen LogP) is 7.81. The molecule has 248 valence electrons. The lowest BCUT2D eigenvalue weighted by Crippen LogP contribution is -2.08. The molecule has 5 aromatic rings. The highest BCUT2D eigenvalue weighted by Gasteiger charge is 2.22. The fourth-order valence-corrected chi connectivity index (χ4v) is 7.23. The second-order valence-corrected chi connectivity index (χ2v) is 12.1. The number of ketones is 1. The molecule has 0 aliphatic heterocycles. The van der Waals surface area contributed by atoms with E-state index in [4.69, 9.17) is 30.1 Å². The summed E-state index contributed by atoms with van der Waals surface area (Å²) in [5.41, 5.74) is 10.3. The molecule has 0 saturated carbocycles. The normalized spacial score (nSPS) is 12.2. The highest BCUT2D eigenvalue weighted by atomic mass is 16.5. The van der Waals surface area contributed by atoms with E-state index in [9.17, 15) is 4.79 Å². The van der Waals surface area contributed by atoms with Gasteiger partial charge in [0.15, 0.2) is 0 Å². The van der Waals surface area contributed by atoms with Gasteiger partial charge in [0.2, 0.25) is 5.78 Å². The van der Waals surface area contributed by atoms with Gasteiger partial charge >= 0.3 is 0 Å². The van der Waals surface area contributed by atoms with Crippen LogP contribution in [0.15, 0.2) is 84.9 Å². The molecule has 0 amide bonds. The van der Waals surface area contributed by atoms with Crippen LogP contribution in [0, 0.1) is 12.3 Å². The Morgan fingerprint density at radius 3 is 0.898 bits per heavy atom. The number of Topliss-reactive ketones (excluding diaryl/α,β-unsaturated/α-hetero) is 1. The molecule has 0 spiro atoms. The maximum Gasteiger partial charge on any atom is 0.235 e. The van der Waals surface area contributed by atoms with Crippen molar-refractivity contribution >= 4 is 5.78 Å². The van der Waals surface area contributed by atoms with Gasteiger partial charge in [0.25, 0.3) is 0 Å². The molecule has 10 bridgehead atoms. The van der Waals surface area contributed by atoms with Crippen LogP contribution in [0.3, 0.4) is 0 Å². The Balaban J connectivity index is 1.62. The summed E-state index contributed by atoms with van der Waals surface area (Å²) in [7, 11) is 8.47. The number of fused-ring (bicyclic) bond motifs is 10. The molecular formula is C43H40O6. The molecule has 6 nitrogen and oxygen atoms in total. The Kier molecular flexibility index (Phi) is 9.92. The lowest BCUT2D eigenvalue weighted by atomic mass is 9.90. The SMILES string of the molecule is C#CC(=O)c1cc2c(OC)c(c1)Cc1cccc(c1OC)Cc1cccc(c1OC)Cc1cccc(c1OC)Cc1cccc(c1OC)C2. The third kappa shape index (κ3) is 6.58. The number of hydrogen-bond acceptors (Lipinski definition) is 6. The third-order valence-electron chi connectivity index (χ3n) is 9.27. The van der Waals surface area contributed by atoms with Crippen LogP contribution in [0.5, 0.6) is 28.7 Å². The maximum absolute atomic E-state index is 13.0. The molecule has 0 saturated heterocycles. The van der Waals surface area contributed by atoms with Crippen LogP contribution in [-0.2, 0) is 32.1 Å². The molecule has 0 radical (unpaired) electrons. The minimum Gasteiger partial charge on any atom is -0.496 e. The Bertz CT molecular complexity index is 1940. The minimum absolute atomic E-state index is 0.389. The zero-order valence-electron chi connectivity index (χ0n) is 28.6. The topological polar surface area (TPSA) is 63.2 Å². The minimum atomic E-state index is -0.389. The maximum atomic E-state index is 13.0. The summed E-state index contributed by atoms with van der Waals surface area (Å²) in [4.78, 5) is 13.0. The van der Waals surface area contributed by atoms with Gasteiger partial charge in [-0.15, -0.1) is 6.42 Å². The molecule has 6 rings (SSSR count). The molecule has 6 heteroatoms. The van der Waals surface area contributed by atoms with E-state index in [0.29, 0.717) is 43.4 Å². The number of terminal acetylenes is 1. The summed E-state index contributed by atoms with van der Waals surface area (Å²) < 4.78 is 30.4. The molecule has 0 heterocycles. The summed E-state index contributed by atoms with van der Waals surface area (Å²) >= 11 is 0. The van der Waals surface area contributed by atoms with Crippen molar-refractivity contribution in [1.82, 2.24) is 0 Å². The fraction of sp³-hybridized carbons (Fsp3) is 0.233. The average Bonchev–Trinajstić information content (AvgIpc) is 3.11. The Morgan fingerprint density at radius 2 is 0.673 bits per heavy atom. The van der Waals surface area contributed by atoms with Crippen molar-refractivity contribution in [2.45, 2.75) is 32.1 Å². The standard InChI is InChI=1S/C43H40O6/c1-7-38(44)35-25-36-23-33-18-10-16-31(41(33)47-4)21-29-14-8-12-27(39(29)45-2)20-28-13-9-15-30(40(28)46-3)22-32-17-11-19-34(42(32)48-5)24-37(26-35)43(36)49-6/h1,8-19,25-26H,20-24H2,2-6H3. The first-order valence-electron chi connectivity index (χ1n) is 16.2. The van der Waals surface area contributed by atoms with E-state index in [-0.39, 0.29) is 5.78 Å². The number of rotatable bonds is 6. The molecule has 0 atom stereocenters. The summed E-state index contributed by atoms with van der Waals surface area (Å²) in [6, 6.07) is 28.5. The van der Waals surface area contributed by atoms with E-state index in [1.165, 1.54) is 0 Å². The van der Waals surface area contributed by atoms with E-state index in [2.05, 4.69) is 54.5 Å². The first kappa shape index (κ1) is 33.2. The van der Waals surface area contributed by atoms with Crippen LogP contribution in [0.1, 0.15) is 66.0 Å². The van der Waals surface area contributed by atoms with Gasteiger partial charge in [0, 0.05) is 37.7 Å². The van der Waals surface area contributed by atoms with E-state index in [1.807, 2.05) is 36.4 Å². The molecule has 0 aromatic heterocycles. The zero-order valence-corrected chi connectivity index (χ0v) is 28.6. The van der Waals surface area contributed by atoms with Gasteiger partial charge in [0.05, 0.1) is 35.5 Å². The number of carbonyl (C=O) groups excluding carboxylic acids is 1. The van der Waals surface area contributed by atoms with Gasteiger partial charge in [-0.2, -0.15) is 0 Å². The van der Waals surface area contributed by atoms with Crippen LogP contribution >= 0.6 is 0 Å². The second-order valence-electron chi connectivity index (χ2n) is 12.1. The molecule has 0 N–H and O–H groups in total. The number of benzene rings is 5. The van der Waals surface area contributed by atoms with Crippen molar-refractivity contribution in [3.8, 4) is 41.1 Å². The number of methoxy groups -OCH3 is 5. The van der Waals surface area contributed by atoms with E-state index < -0.39 is 0 Å². The predicted molar refractivity (Wildman–Crippen MR) is 192 cm³/mol. The van der Waals surface area contributed by atoms with Crippen molar-refractivity contribution in [1.29, 1.82) is 0 Å². The lowest BCUT2D eigenvalue weighted by molar-refractivity contribution is 0.105. The molecule has 5 aromatic carbocycles. The largest absolute Gasteiger partial charge is 0.496 e. The van der Waals surface area contributed by atoms with Gasteiger partial charge in [-0.3, -0.25) is 4.79 Å². The molecule has 1 aliphatic rings.